The van der Waals surface area contributed by atoms with E-state index in [1.54, 1.807) is 0 Å². The van der Waals surface area contributed by atoms with E-state index in [0.717, 1.165) is 28.2 Å². The summed E-state index contributed by atoms with van der Waals surface area (Å²) in [7, 11) is 2.05. The molecule has 0 fully saturated rings. The van der Waals surface area contributed by atoms with Crippen molar-refractivity contribution in [2.75, 3.05) is 0 Å². The fraction of sp³-hybridized carbons (Fsp3) is 0.238. The summed E-state index contributed by atoms with van der Waals surface area (Å²) >= 11 is 0. The Morgan fingerprint density at radius 3 is 2.36 bits per heavy atom. The third kappa shape index (κ3) is 2.45. The number of fused-ring (bicyclic) bond motifs is 1. The van der Waals surface area contributed by atoms with Crippen molar-refractivity contribution >= 4 is 11.0 Å². The highest BCUT2D eigenvalue weighted by molar-refractivity contribution is 5.81. The Balaban J connectivity index is 1.92. The van der Waals surface area contributed by atoms with Crippen LogP contribution in [0, 0.1) is 27.7 Å². The second-order valence-electron chi connectivity index (χ2n) is 6.79. The zero-order valence-corrected chi connectivity index (χ0v) is 15.3. The van der Waals surface area contributed by atoms with Crippen LogP contribution in [0.5, 0.6) is 0 Å². The van der Waals surface area contributed by atoms with E-state index in [2.05, 4.69) is 77.3 Å². The smallest absolute Gasteiger partial charge is 0.144 e. The zero-order chi connectivity index (χ0) is 17.7. The van der Waals surface area contributed by atoms with Crippen LogP contribution in [0.15, 0.2) is 42.7 Å². The number of hydrogen-bond donors (Lipinski definition) is 0. The van der Waals surface area contributed by atoms with Gasteiger partial charge in [-0.2, -0.15) is 0 Å². The number of rotatable bonds is 2. The molecule has 4 rings (SSSR count). The molecule has 0 saturated carbocycles. The quantitative estimate of drug-likeness (QED) is 0.536. The molecule has 4 nitrogen and oxygen atoms in total. The predicted octanol–water partition coefficient (Wildman–Crippen LogP) is 4.66. The number of aryl methyl sites for hydroxylation is 5. The lowest BCUT2D eigenvalue weighted by atomic mass is 10.0. The summed E-state index contributed by atoms with van der Waals surface area (Å²) in [5.74, 6) is 1.97. The van der Waals surface area contributed by atoms with Gasteiger partial charge in [0.2, 0.25) is 0 Å². The average Bonchev–Trinajstić information content (AvgIpc) is 3.12. The minimum Gasteiger partial charge on any atom is -0.331 e. The summed E-state index contributed by atoms with van der Waals surface area (Å²) in [6.07, 6.45) is 3.91. The average molecular weight is 330 g/mol. The topological polar surface area (TPSA) is 35.6 Å². The Bertz CT molecular complexity index is 1080. The number of benzene rings is 2. The van der Waals surface area contributed by atoms with Crippen LogP contribution in [0.4, 0.5) is 0 Å². The van der Waals surface area contributed by atoms with E-state index in [9.17, 15) is 0 Å². The van der Waals surface area contributed by atoms with Crippen molar-refractivity contribution in [2.24, 2.45) is 7.05 Å². The predicted molar refractivity (Wildman–Crippen MR) is 102 cm³/mol. The fourth-order valence-corrected chi connectivity index (χ4v) is 3.70. The first-order valence-electron chi connectivity index (χ1n) is 8.50. The second-order valence-corrected chi connectivity index (χ2v) is 6.79. The number of hydrogen-bond acceptors (Lipinski definition) is 2. The van der Waals surface area contributed by atoms with E-state index in [4.69, 9.17) is 0 Å². The lowest BCUT2D eigenvalue weighted by Gasteiger charge is -2.15. The molecule has 0 N–H and O–H groups in total. The Labute approximate surface area is 147 Å². The normalized spacial score (nSPS) is 11.4. The van der Waals surface area contributed by atoms with Crippen LogP contribution in [-0.4, -0.2) is 19.1 Å². The molecular formula is C21H22N4. The first kappa shape index (κ1) is 15.6. The Kier molecular flexibility index (Phi) is 3.49. The van der Waals surface area contributed by atoms with Crippen molar-refractivity contribution in [3.8, 4) is 17.1 Å². The van der Waals surface area contributed by atoms with Crippen molar-refractivity contribution in [1.82, 2.24) is 19.1 Å². The molecule has 0 aliphatic carbocycles. The maximum Gasteiger partial charge on any atom is 0.144 e. The first-order valence-corrected chi connectivity index (χ1v) is 8.50. The highest BCUT2D eigenvalue weighted by Gasteiger charge is 2.14. The Morgan fingerprint density at radius 1 is 0.920 bits per heavy atom. The van der Waals surface area contributed by atoms with Gasteiger partial charge in [0.15, 0.2) is 0 Å². The van der Waals surface area contributed by atoms with E-state index in [1.165, 1.54) is 22.4 Å². The molecule has 0 atom stereocenters. The molecule has 25 heavy (non-hydrogen) atoms. The molecule has 4 aromatic rings. The zero-order valence-electron chi connectivity index (χ0n) is 15.3. The summed E-state index contributed by atoms with van der Waals surface area (Å²) in [6, 6.07) is 10.8. The van der Waals surface area contributed by atoms with Crippen LogP contribution in [-0.2, 0) is 7.05 Å². The molecule has 2 heterocycles. The molecule has 0 amide bonds. The van der Waals surface area contributed by atoms with Crippen LogP contribution in [0.3, 0.4) is 0 Å². The van der Waals surface area contributed by atoms with Crippen molar-refractivity contribution < 1.29 is 0 Å². The number of nitrogens with zero attached hydrogens (tertiary/aromatic N) is 4. The largest absolute Gasteiger partial charge is 0.331 e. The van der Waals surface area contributed by atoms with E-state index in [-0.39, 0.29) is 0 Å². The number of aromatic nitrogens is 4. The summed E-state index contributed by atoms with van der Waals surface area (Å²) in [4.78, 5) is 9.23. The first-order chi connectivity index (χ1) is 12.0. The van der Waals surface area contributed by atoms with Gasteiger partial charge in [-0.1, -0.05) is 17.7 Å². The monoisotopic (exact) mass is 330 g/mol. The molecule has 4 heteroatoms. The molecule has 0 aliphatic heterocycles. The maximum atomic E-state index is 4.64. The molecule has 0 bridgehead atoms. The van der Waals surface area contributed by atoms with Crippen molar-refractivity contribution in [2.45, 2.75) is 27.7 Å². The molecule has 0 saturated heterocycles. The molecule has 0 radical (unpaired) electrons. The van der Waals surface area contributed by atoms with Gasteiger partial charge in [-0.25, -0.2) is 9.97 Å². The van der Waals surface area contributed by atoms with Gasteiger partial charge in [0.25, 0.3) is 0 Å². The highest BCUT2D eigenvalue weighted by Crippen LogP contribution is 2.29. The van der Waals surface area contributed by atoms with E-state index >= 15 is 0 Å². The SMILES string of the molecule is Cc1cc(C)c(-n2ccnc2-c2ccc3nc(C)n(C)c3c2)c(C)c1. The van der Waals surface area contributed by atoms with E-state index in [1.807, 2.05) is 19.3 Å². The Hall–Kier alpha value is -2.88. The summed E-state index contributed by atoms with van der Waals surface area (Å²) in [5.41, 5.74) is 8.25. The van der Waals surface area contributed by atoms with Crippen molar-refractivity contribution in [3.05, 3.63) is 65.2 Å². The van der Waals surface area contributed by atoms with Gasteiger partial charge in [-0.15, -0.1) is 0 Å². The number of imidazole rings is 2. The van der Waals surface area contributed by atoms with Crippen LogP contribution >= 0.6 is 0 Å². The van der Waals surface area contributed by atoms with Crippen LogP contribution in [0.25, 0.3) is 28.1 Å². The summed E-state index contributed by atoms with van der Waals surface area (Å²) in [5, 5.41) is 0. The third-order valence-electron chi connectivity index (χ3n) is 4.88. The van der Waals surface area contributed by atoms with Gasteiger partial charge < -0.3 is 4.57 Å². The van der Waals surface area contributed by atoms with Crippen molar-refractivity contribution in [3.63, 3.8) is 0 Å². The third-order valence-corrected chi connectivity index (χ3v) is 4.88. The molecular weight excluding hydrogens is 308 g/mol. The van der Waals surface area contributed by atoms with Gasteiger partial charge >= 0.3 is 0 Å². The molecule has 2 aromatic carbocycles. The molecule has 0 aliphatic rings. The lowest BCUT2D eigenvalue weighted by Crippen LogP contribution is -2.02. The molecule has 2 aromatic heterocycles. The van der Waals surface area contributed by atoms with E-state index in [0.29, 0.717) is 0 Å². The van der Waals surface area contributed by atoms with Crippen molar-refractivity contribution in [1.29, 1.82) is 0 Å². The van der Waals surface area contributed by atoms with Gasteiger partial charge in [0.05, 0.1) is 16.7 Å². The second kappa shape index (κ2) is 5.59. The minimum absolute atomic E-state index is 0.954. The maximum absolute atomic E-state index is 4.64. The van der Waals surface area contributed by atoms with E-state index < -0.39 is 0 Å². The fourth-order valence-electron chi connectivity index (χ4n) is 3.70. The van der Waals surface area contributed by atoms with Gasteiger partial charge in [0.1, 0.15) is 11.6 Å². The van der Waals surface area contributed by atoms with Crippen LogP contribution < -0.4 is 0 Å². The summed E-state index contributed by atoms with van der Waals surface area (Å²) in [6.45, 7) is 8.48. The van der Waals surface area contributed by atoms with Gasteiger partial charge in [-0.05, 0) is 57.0 Å². The molecule has 0 spiro atoms. The standard InChI is InChI=1S/C21H22N4/c1-13-10-14(2)20(15(3)11-13)25-9-8-22-21(25)17-6-7-18-19(12-17)24(5)16(4)23-18/h6-12H,1-5H3. The van der Waals surface area contributed by atoms with Crippen LogP contribution in [0.2, 0.25) is 0 Å². The highest BCUT2D eigenvalue weighted by atomic mass is 15.1. The molecule has 126 valence electrons. The minimum atomic E-state index is 0.954. The van der Waals surface area contributed by atoms with Gasteiger partial charge in [0, 0.05) is 25.0 Å². The van der Waals surface area contributed by atoms with Gasteiger partial charge in [-0.3, -0.25) is 4.57 Å². The van der Waals surface area contributed by atoms with Crippen LogP contribution in [0.1, 0.15) is 22.5 Å². The summed E-state index contributed by atoms with van der Waals surface area (Å²) < 4.78 is 4.31. The molecule has 0 unspecified atom stereocenters. The Morgan fingerprint density at radius 2 is 1.64 bits per heavy atom. The lowest BCUT2D eigenvalue weighted by molar-refractivity contribution is 0.886.